The number of amides is 1. The molecule has 3 aromatic heterocycles. The number of hydrogen-bond acceptors (Lipinski definition) is 7. The molecule has 0 saturated heterocycles. The summed E-state index contributed by atoms with van der Waals surface area (Å²) in [6.07, 6.45) is 7.02. The van der Waals surface area contributed by atoms with Gasteiger partial charge in [-0.25, -0.2) is 4.98 Å². The summed E-state index contributed by atoms with van der Waals surface area (Å²) < 4.78 is 5.51. The molecule has 4 N–H and O–H groups in total. The molecule has 7 nitrogen and oxygen atoms in total. The number of carbonyl (C=O) groups is 1. The maximum atomic E-state index is 13.2. The number of fused-ring (bicyclic) bond motifs is 1. The van der Waals surface area contributed by atoms with E-state index in [1.165, 1.54) is 24.0 Å². The summed E-state index contributed by atoms with van der Waals surface area (Å²) >= 11 is 1.21. The quantitative estimate of drug-likeness (QED) is 0.691. The van der Waals surface area contributed by atoms with Crippen LogP contribution in [-0.2, 0) is 0 Å². The van der Waals surface area contributed by atoms with Crippen molar-refractivity contribution in [3.8, 4) is 17.4 Å². The second-order valence-electron chi connectivity index (χ2n) is 7.07. The van der Waals surface area contributed by atoms with Crippen LogP contribution >= 0.6 is 11.3 Å². The minimum Gasteiger partial charge on any atom is -0.464 e. The van der Waals surface area contributed by atoms with Gasteiger partial charge in [-0.1, -0.05) is 19.3 Å². The van der Waals surface area contributed by atoms with Crippen molar-refractivity contribution in [1.82, 2.24) is 9.88 Å². The second-order valence-corrected chi connectivity index (χ2v) is 8.07. The van der Waals surface area contributed by atoms with Crippen LogP contribution in [0.3, 0.4) is 0 Å². The van der Waals surface area contributed by atoms with Crippen LogP contribution in [-0.4, -0.2) is 28.9 Å². The van der Waals surface area contributed by atoms with Gasteiger partial charge in [0.2, 0.25) is 0 Å². The average Bonchev–Trinajstić information content (AvgIpc) is 3.35. The topological polar surface area (TPSA) is 122 Å². The number of anilines is 2. The summed E-state index contributed by atoms with van der Waals surface area (Å²) in [6, 6.07) is 5.78. The number of pyridine rings is 1. The smallest absolute Gasteiger partial charge is 0.266 e. The van der Waals surface area contributed by atoms with Crippen LogP contribution in [0.25, 0.3) is 21.5 Å². The highest BCUT2D eigenvalue weighted by Crippen LogP contribution is 2.43. The molecule has 1 fully saturated rings. The molecule has 0 radical (unpaired) electrons. The first kappa shape index (κ1) is 18.3. The first-order chi connectivity index (χ1) is 13.5. The number of nitriles is 1. The maximum absolute atomic E-state index is 13.2. The Morgan fingerprint density at radius 1 is 1.36 bits per heavy atom. The third-order valence-electron chi connectivity index (χ3n) is 5.42. The zero-order valence-corrected chi connectivity index (χ0v) is 16.4. The van der Waals surface area contributed by atoms with Crippen LogP contribution in [0.15, 0.2) is 22.8 Å². The van der Waals surface area contributed by atoms with E-state index in [2.05, 4.69) is 11.1 Å². The predicted octanol–water partition coefficient (Wildman–Crippen LogP) is 4.00. The lowest BCUT2D eigenvalue weighted by Gasteiger charge is -2.31. The molecule has 0 spiro atoms. The van der Waals surface area contributed by atoms with E-state index < -0.39 is 0 Å². The van der Waals surface area contributed by atoms with Crippen molar-refractivity contribution in [2.75, 3.05) is 18.5 Å². The van der Waals surface area contributed by atoms with Crippen LogP contribution in [0.1, 0.15) is 47.3 Å². The molecule has 28 heavy (non-hydrogen) atoms. The van der Waals surface area contributed by atoms with Gasteiger partial charge in [-0.05, 0) is 25.0 Å². The standard InChI is InChI=1S/C20H21N5O2S/c1-25(11-6-3-2-4-7-11)20(26)17-16(22)15-14(13-8-5-9-27-13)12(10-21)18(23)24-19(15)28-17/h5,8-9,11H,2-4,6-7,22H2,1H3,(H2,23,24). The number of carbonyl (C=O) groups excluding carboxylic acids is 1. The Morgan fingerprint density at radius 3 is 2.75 bits per heavy atom. The van der Waals surface area contributed by atoms with Crippen molar-refractivity contribution in [3.05, 3.63) is 28.8 Å². The third kappa shape index (κ3) is 2.88. The number of aromatic nitrogens is 1. The number of nitrogens with zero attached hydrogens (tertiary/aromatic N) is 3. The summed E-state index contributed by atoms with van der Waals surface area (Å²) in [4.78, 5) is 20.3. The van der Waals surface area contributed by atoms with Gasteiger partial charge in [0.25, 0.3) is 5.91 Å². The van der Waals surface area contributed by atoms with Crippen molar-refractivity contribution in [3.63, 3.8) is 0 Å². The van der Waals surface area contributed by atoms with Crippen molar-refractivity contribution in [2.24, 2.45) is 0 Å². The molecule has 4 rings (SSSR count). The van der Waals surface area contributed by atoms with Gasteiger partial charge in [0, 0.05) is 18.5 Å². The number of furan rings is 1. The first-order valence-corrected chi connectivity index (χ1v) is 10.1. The lowest BCUT2D eigenvalue weighted by Crippen LogP contribution is -2.38. The average molecular weight is 395 g/mol. The largest absolute Gasteiger partial charge is 0.464 e. The predicted molar refractivity (Wildman–Crippen MR) is 110 cm³/mol. The van der Waals surface area contributed by atoms with E-state index in [1.807, 2.05) is 7.05 Å². The molecule has 3 heterocycles. The minimum absolute atomic E-state index is 0.0993. The van der Waals surface area contributed by atoms with Crippen LogP contribution in [0.2, 0.25) is 0 Å². The lowest BCUT2D eigenvalue weighted by atomic mass is 9.94. The molecule has 8 heteroatoms. The van der Waals surface area contributed by atoms with Gasteiger partial charge < -0.3 is 20.8 Å². The number of nitrogens with two attached hydrogens (primary N) is 2. The van der Waals surface area contributed by atoms with E-state index in [-0.39, 0.29) is 23.3 Å². The van der Waals surface area contributed by atoms with Crippen LogP contribution in [0.4, 0.5) is 11.5 Å². The summed E-state index contributed by atoms with van der Waals surface area (Å²) in [5.74, 6) is 0.456. The van der Waals surface area contributed by atoms with Crippen LogP contribution < -0.4 is 11.5 Å². The molecule has 1 aliphatic rings. The summed E-state index contributed by atoms with van der Waals surface area (Å²) in [5, 5.41) is 10.1. The van der Waals surface area contributed by atoms with Gasteiger partial charge in [-0.2, -0.15) is 5.26 Å². The highest BCUT2D eigenvalue weighted by molar-refractivity contribution is 7.21. The van der Waals surface area contributed by atoms with E-state index in [0.717, 1.165) is 25.7 Å². The van der Waals surface area contributed by atoms with Crippen LogP contribution in [0.5, 0.6) is 0 Å². The monoisotopic (exact) mass is 395 g/mol. The highest BCUT2D eigenvalue weighted by Gasteiger charge is 2.29. The van der Waals surface area contributed by atoms with Crippen molar-refractivity contribution in [1.29, 1.82) is 5.26 Å². The lowest BCUT2D eigenvalue weighted by molar-refractivity contribution is 0.0702. The Labute approximate surface area is 166 Å². The molecule has 3 aromatic rings. The normalized spacial score (nSPS) is 14.9. The fraction of sp³-hybridized carbons (Fsp3) is 0.350. The van der Waals surface area contributed by atoms with E-state index in [1.54, 1.807) is 17.0 Å². The summed E-state index contributed by atoms with van der Waals surface area (Å²) in [6.45, 7) is 0. The number of thiophene rings is 1. The Hall–Kier alpha value is -3.05. The number of hydrogen-bond donors (Lipinski definition) is 2. The SMILES string of the molecule is CN(C(=O)c1sc2nc(N)c(C#N)c(-c3ccco3)c2c1N)C1CCCCC1. The molecule has 1 saturated carbocycles. The van der Waals surface area contributed by atoms with Gasteiger partial charge in [-0.15, -0.1) is 11.3 Å². The van der Waals surface area contributed by atoms with Gasteiger partial charge >= 0.3 is 0 Å². The molecule has 1 amide bonds. The molecular weight excluding hydrogens is 374 g/mol. The molecule has 0 aliphatic heterocycles. The zero-order chi connectivity index (χ0) is 19.8. The number of rotatable bonds is 3. The van der Waals surface area contributed by atoms with Gasteiger partial charge in [0.15, 0.2) is 0 Å². The Balaban J connectivity index is 1.86. The molecule has 144 valence electrons. The zero-order valence-electron chi connectivity index (χ0n) is 15.6. The minimum atomic E-state index is -0.116. The van der Waals surface area contributed by atoms with E-state index >= 15 is 0 Å². The first-order valence-electron chi connectivity index (χ1n) is 9.25. The third-order valence-corrected chi connectivity index (χ3v) is 6.51. The fourth-order valence-electron chi connectivity index (χ4n) is 3.90. The molecule has 1 aliphatic carbocycles. The fourth-order valence-corrected chi connectivity index (χ4v) is 5.00. The maximum Gasteiger partial charge on any atom is 0.266 e. The molecule has 0 aromatic carbocycles. The van der Waals surface area contributed by atoms with E-state index in [0.29, 0.717) is 32.1 Å². The van der Waals surface area contributed by atoms with E-state index in [4.69, 9.17) is 15.9 Å². The Bertz CT molecular complexity index is 1070. The molecule has 0 atom stereocenters. The van der Waals surface area contributed by atoms with Gasteiger partial charge in [0.05, 0.1) is 17.5 Å². The Morgan fingerprint density at radius 2 is 2.11 bits per heavy atom. The molecule has 0 bridgehead atoms. The van der Waals surface area contributed by atoms with Gasteiger partial charge in [-0.3, -0.25) is 4.79 Å². The molecular formula is C20H21N5O2S. The highest BCUT2D eigenvalue weighted by atomic mass is 32.1. The summed E-state index contributed by atoms with van der Waals surface area (Å²) in [7, 11) is 1.83. The van der Waals surface area contributed by atoms with E-state index in [9.17, 15) is 10.1 Å². The van der Waals surface area contributed by atoms with Crippen molar-refractivity contribution < 1.29 is 9.21 Å². The second kappa shape index (κ2) is 7.17. The molecule has 0 unspecified atom stereocenters. The number of nitrogen functional groups attached to an aromatic ring is 2. The van der Waals surface area contributed by atoms with Crippen LogP contribution in [0, 0.1) is 11.3 Å². The van der Waals surface area contributed by atoms with Crippen molar-refractivity contribution in [2.45, 2.75) is 38.1 Å². The summed E-state index contributed by atoms with van der Waals surface area (Å²) in [5.41, 5.74) is 13.4. The van der Waals surface area contributed by atoms with Gasteiger partial charge in [0.1, 0.15) is 32.9 Å². The van der Waals surface area contributed by atoms with Crippen molar-refractivity contribution >= 4 is 39.0 Å². The Kier molecular flexibility index (Phi) is 4.69.